The summed E-state index contributed by atoms with van der Waals surface area (Å²) < 4.78 is 52.8. The summed E-state index contributed by atoms with van der Waals surface area (Å²) in [6.07, 6.45) is -4.63. The second kappa shape index (κ2) is 8.76. The predicted octanol–water partition coefficient (Wildman–Crippen LogP) is 4.76. The van der Waals surface area contributed by atoms with Crippen LogP contribution in [0.25, 0.3) is 10.2 Å². The molecule has 0 atom stereocenters. The third-order valence-corrected chi connectivity index (χ3v) is 6.01. The van der Waals surface area contributed by atoms with Gasteiger partial charge in [-0.2, -0.15) is 13.2 Å². The van der Waals surface area contributed by atoms with E-state index in [4.69, 9.17) is 9.47 Å². The average molecular weight is 474 g/mol. The predicted molar refractivity (Wildman–Crippen MR) is 114 cm³/mol. The fourth-order valence-corrected chi connectivity index (χ4v) is 4.60. The maximum absolute atomic E-state index is 13.9. The van der Waals surface area contributed by atoms with Crippen LogP contribution in [0.5, 0.6) is 5.88 Å². The van der Waals surface area contributed by atoms with Crippen molar-refractivity contribution in [2.24, 2.45) is 0 Å². The molecule has 0 aromatic carbocycles. The number of carbonyl (C=O) groups is 2. The molecule has 1 saturated heterocycles. The number of fused-ring (bicyclic) bond motifs is 1. The van der Waals surface area contributed by atoms with Crippen molar-refractivity contribution in [1.29, 1.82) is 0 Å². The van der Waals surface area contributed by atoms with Gasteiger partial charge >= 0.3 is 12.3 Å². The number of halogens is 3. The highest BCUT2D eigenvalue weighted by molar-refractivity contribution is 7.17. The van der Waals surface area contributed by atoms with Crippen molar-refractivity contribution in [3.8, 4) is 5.88 Å². The minimum Gasteiger partial charge on any atom is -0.474 e. The molecule has 2 amide bonds. The van der Waals surface area contributed by atoms with Crippen LogP contribution in [0.2, 0.25) is 0 Å². The first-order valence-electron chi connectivity index (χ1n) is 10.2. The number of hydrogen-bond acceptors (Lipinski definition) is 6. The summed E-state index contributed by atoms with van der Waals surface area (Å²) in [4.78, 5) is 30.2. The molecule has 32 heavy (non-hydrogen) atoms. The van der Waals surface area contributed by atoms with E-state index in [2.05, 4.69) is 10.3 Å². The molecule has 3 heterocycles. The van der Waals surface area contributed by atoms with Gasteiger partial charge in [0, 0.05) is 43.9 Å². The van der Waals surface area contributed by atoms with Gasteiger partial charge in [0.2, 0.25) is 5.88 Å². The number of piperidine rings is 1. The summed E-state index contributed by atoms with van der Waals surface area (Å²) in [5, 5.41) is 3.79. The number of likely N-dealkylation sites (tertiary alicyclic amines) is 1. The molecule has 2 aromatic rings. The van der Waals surface area contributed by atoms with E-state index in [-0.39, 0.29) is 27.2 Å². The van der Waals surface area contributed by atoms with Gasteiger partial charge < -0.3 is 19.7 Å². The number of aromatic nitrogens is 1. The summed E-state index contributed by atoms with van der Waals surface area (Å²) in [6, 6.07) is 0. The van der Waals surface area contributed by atoms with Crippen LogP contribution in [0.3, 0.4) is 0 Å². The van der Waals surface area contributed by atoms with E-state index >= 15 is 0 Å². The van der Waals surface area contributed by atoms with Crippen LogP contribution in [-0.2, 0) is 10.9 Å². The van der Waals surface area contributed by atoms with Gasteiger partial charge in [0.25, 0.3) is 5.91 Å². The van der Waals surface area contributed by atoms with Crippen molar-refractivity contribution in [3.05, 3.63) is 22.1 Å². The van der Waals surface area contributed by atoms with Crippen molar-refractivity contribution >= 4 is 33.6 Å². The van der Waals surface area contributed by atoms with Crippen molar-refractivity contribution < 1.29 is 32.2 Å². The Kier molecular flexibility index (Phi) is 6.60. The minimum atomic E-state index is -4.63. The molecule has 1 N–H and O–H groups in total. The molecule has 0 radical (unpaired) electrons. The topological polar surface area (TPSA) is 80.8 Å². The number of pyridine rings is 1. The largest absolute Gasteiger partial charge is 0.474 e. The van der Waals surface area contributed by atoms with Crippen LogP contribution >= 0.6 is 11.3 Å². The molecular weight excluding hydrogens is 447 g/mol. The number of rotatable bonds is 3. The van der Waals surface area contributed by atoms with E-state index in [0.717, 1.165) is 11.3 Å². The van der Waals surface area contributed by atoms with Gasteiger partial charge in [-0.25, -0.2) is 9.78 Å². The van der Waals surface area contributed by atoms with Crippen molar-refractivity contribution in [2.45, 2.75) is 58.4 Å². The molecule has 0 aliphatic carbocycles. The lowest BCUT2D eigenvalue weighted by Gasteiger charge is -2.33. The molecule has 1 aliphatic heterocycles. The van der Waals surface area contributed by atoms with E-state index in [1.807, 2.05) is 0 Å². The van der Waals surface area contributed by atoms with Crippen molar-refractivity contribution in [3.63, 3.8) is 0 Å². The Morgan fingerprint density at radius 2 is 1.84 bits per heavy atom. The molecule has 176 valence electrons. The molecule has 0 bridgehead atoms. The number of nitrogens with zero attached hydrogens (tertiary/aromatic N) is 2. The first-order valence-corrected chi connectivity index (χ1v) is 11.1. The Morgan fingerprint density at radius 3 is 2.38 bits per heavy atom. The quantitative estimate of drug-likeness (QED) is 0.695. The standard InChI is InChI=1S/C21H26F3N3O4S/c1-11-14(21(22,23)24)16-15(13(10-32-16)17(28)25-5)26-18(11)30-12-6-8-27(9-7-12)19(29)31-20(2,3)4/h10,12H,6-9H2,1-5H3,(H,25,28). The van der Waals surface area contributed by atoms with E-state index in [1.165, 1.54) is 19.4 Å². The molecule has 2 aromatic heterocycles. The Bertz CT molecular complexity index is 1020. The lowest BCUT2D eigenvalue weighted by Crippen LogP contribution is -2.44. The number of hydrogen-bond donors (Lipinski definition) is 1. The highest BCUT2D eigenvalue weighted by Gasteiger charge is 2.38. The van der Waals surface area contributed by atoms with E-state index < -0.39 is 35.4 Å². The molecule has 11 heteroatoms. The average Bonchev–Trinajstić information content (AvgIpc) is 3.09. The zero-order chi connectivity index (χ0) is 23.8. The maximum atomic E-state index is 13.9. The number of amides is 2. The molecule has 0 saturated carbocycles. The number of thiophene rings is 1. The smallest absolute Gasteiger partial charge is 0.418 e. The summed E-state index contributed by atoms with van der Waals surface area (Å²) in [7, 11) is 1.40. The number of nitrogens with one attached hydrogen (secondary N) is 1. The van der Waals surface area contributed by atoms with Gasteiger partial charge in [-0.05, 0) is 27.7 Å². The van der Waals surface area contributed by atoms with E-state index in [1.54, 1.807) is 25.7 Å². The third-order valence-electron chi connectivity index (χ3n) is 5.03. The first-order chi connectivity index (χ1) is 14.8. The molecule has 0 unspecified atom stereocenters. The van der Waals surface area contributed by atoms with Gasteiger partial charge in [-0.1, -0.05) is 0 Å². The van der Waals surface area contributed by atoms with Gasteiger partial charge in [0.05, 0.1) is 21.3 Å². The van der Waals surface area contributed by atoms with Crippen LogP contribution in [0.1, 0.15) is 55.1 Å². The summed E-state index contributed by atoms with van der Waals surface area (Å²) in [5.74, 6) is -0.665. The van der Waals surface area contributed by atoms with Gasteiger partial charge in [0.1, 0.15) is 11.7 Å². The van der Waals surface area contributed by atoms with Crippen molar-refractivity contribution in [2.75, 3.05) is 20.1 Å². The van der Waals surface area contributed by atoms with Crippen LogP contribution in [0.4, 0.5) is 18.0 Å². The molecule has 1 fully saturated rings. The highest BCUT2D eigenvalue weighted by Crippen LogP contribution is 2.43. The normalized spacial score (nSPS) is 15.7. The second-order valence-electron chi connectivity index (χ2n) is 8.61. The number of alkyl halides is 3. The van der Waals surface area contributed by atoms with E-state index in [0.29, 0.717) is 25.9 Å². The summed E-state index contributed by atoms with van der Waals surface area (Å²) in [6.45, 7) is 7.37. The maximum Gasteiger partial charge on any atom is 0.418 e. The lowest BCUT2D eigenvalue weighted by atomic mass is 10.1. The van der Waals surface area contributed by atoms with Gasteiger partial charge in [0.15, 0.2) is 0 Å². The fraction of sp³-hybridized carbons (Fsp3) is 0.571. The zero-order valence-corrected chi connectivity index (χ0v) is 19.4. The van der Waals surface area contributed by atoms with Gasteiger partial charge in [-0.15, -0.1) is 11.3 Å². The Hall–Kier alpha value is -2.56. The molecule has 7 nitrogen and oxygen atoms in total. The summed E-state index contributed by atoms with van der Waals surface area (Å²) >= 11 is 0.831. The van der Waals surface area contributed by atoms with Crippen LogP contribution in [0.15, 0.2) is 5.38 Å². The monoisotopic (exact) mass is 473 g/mol. The summed E-state index contributed by atoms with van der Waals surface area (Å²) in [5.41, 5.74) is -1.54. The zero-order valence-electron chi connectivity index (χ0n) is 18.6. The second-order valence-corrected chi connectivity index (χ2v) is 9.49. The number of ether oxygens (including phenoxy) is 2. The number of carbonyl (C=O) groups excluding carboxylic acids is 2. The fourth-order valence-electron chi connectivity index (χ4n) is 3.50. The van der Waals surface area contributed by atoms with Crippen LogP contribution < -0.4 is 10.1 Å². The van der Waals surface area contributed by atoms with Crippen molar-refractivity contribution in [1.82, 2.24) is 15.2 Å². The Morgan fingerprint density at radius 1 is 1.22 bits per heavy atom. The Balaban J connectivity index is 1.86. The highest BCUT2D eigenvalue weighted by atomic mass is 32.1. The third kappa shape index (κ3) is 5.08. The SMILES string of the molecule is CNC(=O)c1csc2c(C(F)(F)F)c(C)c(OC3CCN(C(=O)OC(C)(C)C)CC3)nc12. The first kappa shape index (κ1) is 24.1. The van der Waals surface area contributed by atoms with Crippen LogP contribution in [-0.4, -0.2) is 53.7 Å². The van der Waals surface area contributed by atoms with E-state index in [9.17, 15) is 22.8 Å². The molecule has 3 rings (SSSR count). The lowest BCUT2D eigenvalue weighted by molar-refractivity contribution is -0.136. The minimum absolute atomic E-state index is 0.0338. The Labute approximate surface area is 187 Å². The van der Waals surface area contributed by atoms with Gasteiger partial charge in [-0.3, -0.25) is 4.79 Å². The van der Waals surface area contributed by atoms with Crippen LogP contribution in [0, 0.1) is 6.92 Å². The molecular formula is C21H26F3N3O4S. The molecule has 0 spiro atoms. The molecule has 1 aliphatic rings.